The zero-order valence-corrected chi connectivity index (χ0v) is 25.4. The van der Waals surface area contributed by atoms with E-state index in [1.807, 2.05) is 0 Å². The number of rotatable bonds is 4. The molecule has 4 saturated carbocycles. The second-order valence-electron chi connectivity index (χ2n) is 10.5. The molecule has 0 aromatic rings. The largest absolute Gasteiger partial charge is 2.00 e. The summed E-state index contributed by atoms with van der Waals surface area (Å²) in [6.07, 6.45) is 27.7. The Hall–Kier alpha value is 2.51. The fourth-order valence-electron chi connectivity index (χ4n) is 6.36. The van der Waals surface area contributed by atoms with Gasteiger partial charge in [-0.25, -0.2) is 0 Å². The molecule has 0 nitrogen and oxygen atoms in total. The summed E-state index contributed by atoms with van der Waals surface area (Å²) in [5.41, 5.74) is 3.11. The van der Waals surface area contributed by atoms with E-state index in [0.717, 1.165) is 22.6 Å². The molecule has 0 spiro atoms. The first-order valence-electron chi connectivity index (χ1n) is 13.0. The molecule has 4 aliphatic carbocycles. The fourth-order valence-corrected chi connectivity index (χ4v) is 17.0. The van der Waals surface area contributed by atoms with Gasteiger partial charge in [-0.2, -0.15) is 10.5 Å². The molecular weight excluding hydrogens is 537 g/mol. The third-order valence-corrected chi connectivity index (χ3v) is 21.6. The van der Waals surface area contributed by atoms with E-state index < -0.39 is 10.5 Å². The molecule has 0 bridgehead atoms. The minimum Gasteiger partial charge on any atom is -0.746 e. The van der Waals surface area contributed by atoms with Crippen molar-refractivity contribution in [2.45, 2.75) is 151 Å². The van der Waals surface area contributed by atoms with Crippen molar-refractivity contribution in [3.8, 4) is 0 Å². The molecule has 183 valence electrons. The molecule has 0 amide bonds. The van der Waals surface area contributed by atoms with Gasteiger partial charge in [0.2, 0.25) is 0 Å². The van der Waals surface area contributed by atoms with Crippen molar-refractivity contribution >= 4 is 58.6 Å². The van der Waals surface area contributed by atoms with Crippen molar-refractivity contribution in [3.63, 3.8) is 0 Å². The Morgan fingerprint density at radius 2 is 0.548 bits per heavy atom. The Kier molecular flexibility index (Phi) is 14.3. The van der Waals surface area contributed by atoms with Crippen LogP contribution in [0.3, 0.4) is 0 Å². The quantitative estimate of drug-likeness (QED) is 0.240. The van der Waals surface area contributed by atoms with E-state index in [4.69, 9.17) is 48.1 Å². The summed E-state index contributed by atoms with van der Waals surface area (Å²) in [5.74, 6) is 0. The van der Waals surface area contributed by atoms with Gasteiger partial charge in [0.15, 0.2) is 0 Å². The van der Waals surface area contributed by atoms with E-state index >= 15 is 0 Å². The minimum absolute atomic E-state index is 0. The van der Waals surface area contributed by atoms with Crippen LogP contribution in [0.2, 0.25) is 0 Å². The summed E-state index contributed by atoms with van der Waals surface area (Å²) in [6.45, 7) is 0. The second-order valence-corrected chi connectivity index (χ2v) is 24.6. The predicted octanol–water partition coefficient (Wildman–Crippen LogP) is 9.18. The summed E-state index contributed by atoms with van der Waals surface area (Å²) in [5, 5.41) is -2.85. The number of hydrogen-bond acceptors (Lipinski definition) is 4. The van der Waals surface area contributed by atoms with Crippen LogP contribution in [0.5, 0.6) is 0 Å². The topological polar surface area (TPSA) is 0 Å². The van der Waals surface area contributed by atoms with Crippen molar-refractivity contribution in [1.29, 1.82) is 0 Å². The van der Waals surface area contributed by atoms with Crippen LogP contribution in [-0.4, -0.2) is 22.6 Å². The van der Waals surface area contributed by atoms with Gasteiger partial charge >= 0.3 is 16.8 Å². The van der Waals surface area contributed by atoms with Gasteiger partial charge in [-0.05, 0) is 74.0 Å². The van der Waals surface area contributed by atoms with Crippen molar-refractivity contribution in [2.24, 2.45) is 0 Å². The fraction of sp³-hybridized carbons (Fsp3) is 1.00. The van der Waals surface area contributed by atoms with Crippen LogP contribution in [0.1, 0.15) is 128 Å². The van der Waals surface area contributed by atoms with Crippen LogP contribution in [0.25, 0.3) is 0 Å². The molecule has 0 saturated heterocycles. The molecule has 0 unspecified atom stereocenters. The monoisotopic (exact) mass is 581 g/mol. The van der Waals surface area contributed by atoms with E-state index in [9.17, 15) is 0 Å². The minimum atomic E-state index is -1.43. The van der Waals surface area contributed by atoms with Crippen molar-refractivity contribution < 1.29 is 16.8 Å². The molecule has 0 N–H and O–H groups in total. The van der Waals surface area contributed by atoms with E-state index in [2.05, 4.69) is 0 Å². The molecule has 31 heavy (non-hydrogen) atoms. The van der Waals surface area contributed by atoms with Gasteiger partial charge in [-0.3, -0.25) is 0 Å². The Morgan fingerprint density at radius 1 is 0.387 bits per heavy atom. The van der Waals surface area contributed by atoms with E-state index in [1.54, 1.807) is 0 Å². The Balaban J connectivity index is 0.000000213. The van der Waals surface area contributed by atoms with Gasteiger partial charge < -0.3 is 24.5 Å². The van der Waals surface area contributed by atoms with Crippen LogP contribution in [0, 0.1) is 0 Å². The van der Waals surface area contributed by atoms with Crippen molar-refractivity contribution in [2.75, 3.05) is 0 Å². The van der Waals surface area contributed by atoms with Crippen LogP contribution in [-0.2, 0) is 64.9 Å². The van der Waals surface area contributed by atoms with Crippen LogP contribution < -0.4 is 0 Å². The molecule has 7 heteroatoms. The van der Waals surface area contributed by atoms with Gasteiger partial charge in [0.1, 0.15) is 0 Å². The molecule has 0 aromatic carbocycles. The van der Waals surface area contributed by atoms with E-state index in [1.165, 1.54) is 128 Å². The molecule has 0 heterocycles. The molecule has 1 radical (unpaired) electrons. The summed E-state index contributed by atoms with van der Waals surface area (Å²) < 4.78 is 0. The molecular formula is C24H44CoP2S4. The molecule has 0 aromatic heterocycles. The normalized spacial score (nSPS) is 25.9. The third kappa shape index (κ3) is 8.84. The van der Waals surface area contributed by atoms with Gasteiger partial charge in [0.25, 0.3) is 0 Å². The van der Waals surface area contributed by atoms with Gasteiger partial charge in [0.05, 0.1) is 0 Å². The van der Waals surface area contributed by atoms with Gasteiger partial charge in [-0.15, -0.1) is 23.6 Å². The average molecular weight is 582 g/mol. The van der Waals surface area contributed by atoms with Crippen LogP contribution in [0.4, 0.5) is 0 Å². The molecule has 4 aliphatic rings. The van der Waals surface area contributed by atoms with Gasteiger partial charge in [0, 0.05) is 0 Å². The van der Waals surface area contributed by atoms with E-state index in [-0.39, 0.29) is 16.8 Å². The molecule has 4 rings (SSSR count). The molecule has 4 fully saturated rings. The van der Waals surface area contributed by atoms with Gasteiger partial charge in [-0.1, -0.05) is 77.0 Å². The Labute approximate surface area is 224 Å². The first-order valence-corrected chi connectivity index (χ1v) is 20.9. The Morgan fingerprint density at radius 3 is 0.710 bits per heavy atom. The predicted molar refractivity (Wildman–Crippen MR) is 151 cm³/mol. The Bertz CT molecular complexity index is 494. The first-order chi connectivity index (χ1) is 14.4. The number of hydrogen-bond donors (Lipinski definition) is 0. The zero-order chi connectivity index (χ0) is 21.5. The summed E-state index contributed by atoms with van der Waals surface area (Å²) >= 11 is 23.6. The average Bonchev–Trinajstić information content (AvgIpc) is 2.82. The summed E-state index contributed by atoms with van der Waals surface area (Å²) in [6, 6.07) is 0. The SMILES string of the molecule is S=P([S-])(C1CCCCC1)C1CCCCC1.S=P([S-])(C1CCCCC1)C1CCCCC1.[Co+2]. The van der Waals surface area contributed by atoms with Crippen molar-refractivity contribution in [1.82, 2.24) is 0 Å². The zero-order valence-electron chi connectivity index (χ0n) is 19.3. The van der Waals surface area contributed by atoms with Crippen LogP contribution >= 0.6 is 10.5 Å². The van der Waals surface area contributed by atoms with E-state index in [0.29, 0.717) is 0 Å². The standard InChI is InChI=1S/2C12H23PS2.Co/c2*14-13(15,11-7-3-1-4-8-11)12-9-5-2-6-10-12;/h2*11-12H,1-10H2,(H,14,15);/q;;+2/p-2. The maximum absolute atomic E-state index is 5.91. The maximum atomic E-state index is 5.91. The third-order valence-electron chi connectivity index (χ3n) is 8.33. The first kappa shape index (κ1) is 29.7. The summed E-state index contributed by atoms with van der Waals surface area (Å²) in [4.78, 5) is 0. The van der Waals surface area contributed by atoms with Crippen molar-refractivity contribution in [3.05, 3.63) is 0 Å². The maximum Gasteiger partial charge on any atom is 2.00 e. The summed E-state index contributed by atoms with van der Waals surface area (Å²) in [7, 11) is 0. The van der Waals surface area contributed by atoms with Crippen LogP contribution in [0.15, 0.2) is 0 Å². The second kappa shape index (κ2) is 14.9. The molecule has 0 atom stereocenters. The molecule has 0 aliphatic heterocycles. The smallest absolute Gasteiger partial charge is 0.746 e.